The molecule has 0 bridgehead atoms. The Kier molecular flexibility index (Phi) is 5.60. The molecule has 3 nitrogen and oxygen atoms in total. The van der Waals surface area contributed by atoms with E-state index in [0.717, 1.165) is 19.3 Å². The molecule has 0 spiro atoms. The van der Waals surface area contributed by atoms with Crippen molar-refractivity contribution in [3.8, 4) is 0 Å². The van der Waals surface area contributed by atoms with Gasteiger partial charge in [-0.3, -0.25) is 4.79 Å². The minimum Gasteiger partial charge on any atom is -0.469 e. The van der Waals surface area contributed by atoms with Gasteiger partial charge in [-0.1, -0.05) is 49.6 Å². The van der Waals surface area contributed by atoms with Gasteiger partial charge in [-0.25, -0.2) is 0 Å². The molecule has 3 unspecified atom stereocenters. The topological polar surface area (TPSA) is 38.3 Å². The van der Waals surface area contributed by atoms with Gasteiger partial charge in [0.05, 0.1) is 13.0 Å². The Morgan fingerprint density at radius 2 is 1.90 bits per heavy atom. The molecule has 0 saturated heterocycles. The zero-order valence-electron chi connectivity index (χ0n) is 12.5. The number of hydrogen-bond acceptors (Lipinski definition) is 3. The number of hydrogen-bond donors (Lipinski definition) is 1. The highest BCUT2D eigenvalue weighted by molar-refractivity contribution is 5.73. The molecule has 0 amide bonds. The summed E-state index contributed by atoms with van der Waals surface area (Å²) in [6.45, 7) is 2.16. The highest BCUT2D eigenvalue weighted by Gasteiger charge is 2.31. The van der Waals surface area contributed by atoms with Gasteiger partial charge in [-0.05, 0) is 25.3 Å². The van der Waals surface area contributed by atoms with Crippen molar-refractivity contribution >= 4 is 5.97 Å². The van der Waals surface area contributed by atoms with Crippen LogP contribution in [-0.2, 0) is 9.53 Å². The van der Waals surface area contributed by atoms with Gasteiger partial charge < -0.3 is 10.1 Å². The molecule has 110 valence electrons. The molecular formula is C17H25NO2. The first-order valence-electron chi connectivity index (χ1n) is 7.61. The van der Waals surface area contributed by atoms with Crippen LogP contribution >= 0.6 is 0 Å². The van der Waals surface area contributed by atoms with Gasteiger partial charge in [0.1, 0.15) is 0 Å². The van der Waals surface area contributed by atoms with Gasteiger partial charge in [-0.2, -0.15) is 0 Å². The van der Waals surface area contributed by atoms with Crippen molar-refractivity contribution in [3.63, 3.8) is 0 Å². The lowest BCUT2D eigenvalue weighted by Crippen LogP contribution is -2.41. The van der Waals surface area contributed by atoms with Gasteiger partial charge in [-0.15, -0.1) is 0 Å². The van der Waals surface area contributed by atoms with E-state index in [1.807, 2.05) is 6.07 Å². The standard InChI is InChI=1S/C17H25NO2/c1-13(14-9-5-3-6-10-14)18-16-12-8-4-7-11-15(16)17(19)20-2/h3,5-6,9-10,13,15-16,18H,4,7-8,11-12H2,1-2H3. The summed E-state index contributed by atoms with van der Waals surface area (Å²) in [6.07, 6.45) is 5.51. The zero-order valence-corrected chi connectivity index (χ0v) is 12.5. The molecule has 0 radical (unpaired) electrons. The second kappa shape index (κ2) is 7.44. The van der Waals surface area contributed by atoms with Crippen LogP contribution in [0.2, 0.25) is 0 Å². The maximum absolute atomic E-state index is 12.0. The minimum atomic E-state index is -0.0651. The van der Waals surface area contributed by atoms with Crippen LogP contribution in [0.4, 0.5) is 0 Å². The summed E-state index contributed by atoms with van der Waals surface area (Å²) in [5, 5.41) is 3.64. The van der Waals surface area contributed by atoms with Crippen molar-refractivity contribution in [1.29, 1.82) is 0 Å². The van der Waals surface area contributed by atoms with Crippen molar-refractivity contribution < 1.29 is 9.53 Å². The lowest BCUT2D eigenvalue weighted by Gasteiger charge is -2.28. The summed E-state index contributed by atoms with van der Waals surface area (Å²) in [5.74, 6) is -0.0710. The number of carbonyl (C=O) groups is 1. The summed E-state index contributed by atoms with van der Waals surface area (Å²) in [6, 6.07) is 10.9. The Morgan fingerprint density at radius 3 is 2.60 bits per heavy atom. The van der Waals surface area contributed by atoms with Crippen LogP contribution in [0.5, 0.6) is 0 Å². The van der Waals surface area contributed by atoms with Crippen molar-refractivity contribution in [1.82, 2.24) is 5.32 Å². The first-order valence-corrected chi connectivity index (χ1v) is 7.61. The molecule has 1 N–H and O–H groups in total. The summed E-state index contributed by atoms with van der Waals surface area (Å²) < 4.78 is 4.98. The van der Waals surface area contributed by atoms with Crippen molar-refractivity contribution in [2.45, 2.75) is 51.1 Å². The van der Waals surface area contributed by atoms with Gasteiger partial charge in [0.2, 0.25) is 0 Å². The fourth-order valence-corrected chi connectivity index (χ4v) is 3.10. The van der Waals surface area contributed by atoms with E-state index in [1.54, 1.807) is 0 Å². The monoisotopic (exact) mass is 275 g/mol. The predicted octanol–water partition coefficient (Wildman–Crippen LogP) is 3.46. The molecule has 2 rings (SSSR count). The highest BCUT2D eigenvalue weighted by atomic mass is 16.5. The van der Waals surface area contributed by atoms with E-state index in [0.29, 0.717) is 0 Å². The van der Waals surface area contributed by atoms with Gasteiger partial charge in [0.15, 0.2) is 0 Å². The van der Waals surface area contributed by atoms with E-state index in [1.165, 1.54) is 25.5 Å². The average Bonchev–Trinajstić information content (AvgIpc) is 2.73. The Balaban J connectivity index is 2.05. The molecule has 3 atom stereocenters. The fourth-order valence-electron chi connectivity index (χ4n) is 3.10. The number of benzene rings is 1. The maximum Gasteiger partial charge on any atom is 0.310 e. The molecular weight excluding hydrogens is 250 g/mol. The van der Waals surface area contributed by atoms with Crippen LogP contribution in [0.15, 0.2) is 30.3 Å². The van der Waals surface area contributed by atoms with Crippen LogP contribution in [0.1, 0.15) is 50.6 Å². The van der Waals surface area contributed by atoms with E-state index in [-0.39, 0.29) is 24.0 Å². The Bertz CT molecular complexity index is 418. The van der Waals surface area contributed by atoms with E-state index in [4.69, 9.17) is 4.74 Å². The third kappa shape index (κ3) is 3.83. The number of ether oxygens (including phenoxy) is 1. The molecule has 0 aliphatic heterocycles. The first-order chi connectivity index (χ1) is 9.72. The first kappa shape index (κ1) is 15.0. The second-order valence-electron chi connectivity index (χ2n) is 5.67. The Labute approximate surface area is 121 Å². The predicted molar refractivity (Wildman–Crippen MR) is 80.4 cm³/mol. The molecule has 1 aromatic carbocycles. The van der Waals surface area contributed by atoms with E-state index < -0.39 is 0 Å². The normalized spacial score (nSPS) is 24.7. The Morgan fingerprint density at radius 1 is 1.20 bits per heavy atom. The molecule has 1 aliphatic carbocycles. The Hall–Kier alpha value is -1.35. The molecule has 1 aliphatic rings. The number of carbonyl (C=O) groups excluding carboxylic acids is 1. The molecule has 0 aromatic heterocycles. The molecule has 0 heterocycles. The third-order valence-corrected chi connectivity index (χ3v) is 4.28. The average molecular weight is 275 g/mol. The molecule has 1 aromatic rings. The summed E-state index contributed by atoms with van der Waals surface area (Å²) in [7, 11) is 1.49. The van der Waals surface area contributed by atoms with Gasteiger partial charge in [0, 0.05) is 12.1 Å². The van der Waals surface area contributed by atoms with Crippen molar-refractivity contribution in [2.24, 2.45) is 5.92 Å². The highest BCUT2D eigenvalue weighted by Crippen LogP contribution is 2.26. The number of methoxy groups -OCH3 is 1. The second-order valence-corrected chi connectivity index (χ2v) is 5.67. The number of nitrogens with one attached hydrogen (secondary N) is 1. The molecule has 1 saturated carbocycles. The summed E-state index contributed by atoms with van der Waals surface area (Å²) >= 11 is 0. The van der Waals surface area contributed by atoms with E-state index in [9.17, 15) is 4.79 Å². The van der Waals surface area contributed by atoms with Crippen molar-refractivity contribution in [3.05, 3.63) is 35.9 Å². The number of rotatable bonds is 4. The van der Waals surface area contributed by atoms with Gasteiger partial charge >= 0.3 is 5.97 Å². The van der Waals surface area contributed by atoms with Crippen LogP contribution in [0.3, 0.4) is 0 Å². The largest absolute Gasteiger partial charge is 0.469 e. The van der Waals surface area contributed by atoms with E-state index >= 15 is 0 Å². The van der Waals surface area contributed by atoms with Crippen LogP contribution in [0, 0.1) is 5.92 Å². The summed E-state index contributed by atoms with van der Waals surface area (Å²) in [4.78, 5) is 12.0. The van der Waals surface area contributed by atoms with Gasteiger partial charge in [0.25, 0.3) is 0 Å². The maximum atomic E-state index is 12.0. The number of esters is 1. The third-order valence-electron chi connectivity index (χ3n) is 4.28. The van der Waals surface area contributed by atoms with Crippen LogP contribution < -0.4 is 5.32 Å². The zero-order chi connectivity index (χ0) is 14.4. The van der Waals surface area contributed by atoms with E-state index in [2.05, 4.69) is 36.5 Å². The lowest BCUT2D eigenvalue weighted by molar-refractivity contribution is -0.146. The van der Waals surface area contributed by atoms with Crippen LogP contribution in [0.25, 0.3) is 0 Å². The summed E-state index contributed by atoms with van der Waals surface area (Å²) in [5.41, 5.74) is 1.26. The smallest absolute Gasteiger partial charge is 0.310 e. The quantitative estimate of drug-likeness (QED) is 0.675. The molecule has 1 fully saturated rings. The van der Waals surface area contributed by atoms with Crippen LogP contribution in [-0.4, -0.2) is 19.1 Å². The fraction of sp³-hybridized carbons (Fsp3) is 0.588. The molecule has 3 heteroatoms. The lowest BCUT2D eigenvalue weighted by atomic mass is 9.93. The van der Waals surface area contributed by atoms with Crippen molar-refractivity contribution in [2.75, 3.05) is 7.11 Å². The SMILES string of the molecule is COC(=O)C1CCCCCC1NC(C)c1ccccc1. The minimum absolute atomic E-state index is 0.00587. The molecule has 20 heavy (non-hydrogen) atoms.